The van der Waals surface area contributed by atoms with Gasteiger partial charge in [0.05, 0.1) is 6.54 Å². The molecule has 0 aliphatic carbocycles. The smallest absolute Gasteiger partial charge is 0.147 e. The van der Waals surface area contributed by atoms with Crippen LogP contribution in [0.5, 0.6) is 0 Å². The second kappa shape index (κ2) is 4.08. The van der Waals surface area contributed by atoms with Crippen LogP contribution in [0.3, 0.4) is 0 Å². The largest absolute Gasteiger partial charge is 0.315 e. The van der Waals surface area contributed by atoms with Gasteiger partial charge in [-0.25, -0.2) is 0 Å². The minimum atomic E-state index is 0.518. The fourth-order valence-electron chi connectivity index (χ4n) is 1.54. The summed E-state index contributed by atoms with van der Waals surface area (Å²) in [6.07, 6.45) is 1.75. The molecule has 0 N–H and O–H groups in total. The van der Waals surface area contributed by atoms with E-state index in [1.165, 1.54) is 0 Å². The molecule has 14 heavy (non-hydrogen) atoms. The lowest BCUT2D eigenvalue weighted by atomic mass is 10.3. The van der Waals surface area contributed by atoms with E-state index in [0.717, 1.165) is 32.0 Å². The molecule has 0 bridgehead atoms. The van der Waals surface area contributed by atoms with Crippen LogP contribution in [0.1, 0.15) is 5.82 Å². The van der Waals surface area contributed by atoms with Crippen molar-refractivity contribution in [1.82, 2.24) is 19.7 Å². The maximum absolute atomic E-state index is 8.13. The van der Waals surface area contributed by atoms with Crippen LogP contribution in [-0.2, 0) is 13.1 Å². The summed E-state index contributed by atoms with van der Waals surface area (Å²) in [5, 5.41) is 11.3. The van der Waals surface area contributed by atoms with Crippen LogP contribution in [0.4, 0.5) is 0 Å². The van der Waals surface area contributed by atoms with Gasteiger partial charge in [0.25, 0.3) is 0 Å². The topological polar surface area (TPSA) is 82.7 Å². The molecule has 0 unspecified atom stereocenters. The van der Waals surface area contributed by atoms with Gasteiger partial charge in [-0.2, -0.15) is 0 Å². The average Bonchev–Trinajstić information content (AvgIpc) is 2.65. The van der Waals surface area contributed by atoms with Crippen LogP contribution >= 0.6 is 0 Å². The Balaban J connectivity index is 1.91. The van der Waals surface area contributed by atoms with E-state index in [2.05, 4.69) is 25.1 Å². The summed E-state index contributed by atoms with van der Waals surface area (Å²) in [6, 6.07) is 0. The van der Waals surface area contributed by atoms with Crippen molar-refractivity contribution in [2.45, 2.75) is 13.1 Å². The summed E-state index contributed by atoms with van der Waals surface area (Å²) in [5.74, 6) is 0.984. The standard InChI is InChI=1S/C7H11N7/c8-12-9-1-2-13-3-4-14-6-10-11-7(14)5-13/h6H,1-5H2. The van der Waals surface area contributed by atoms with Crippen molar-refractivity contribution in [2.24, 2.45) is 5.11 Å². The maximum atomic E-state index is 8.13. The summed E-state index contributed by atoms with van der Waals surface area (Å²) >= 11 is 0. The fraction of sp³-hybridized carbons (Fsp3) is 0.714. The highest BCUT2D eigenvalue weighted by Gasteiger charge is 2.15. The van der Waals surface area contributed by atoms with Gasteiger partial charge in [0.2, 0.25) is 0 Å². The Bertz CT molecular complexity index is 351. The number of fused-ring (bicyclic) bond motifs is 1. The zero-order chi connectivity index (χ0) is 9.80. The number of azide groups is 1. The summed E-state index contributed by atoms with van der Waals surface area (Å²) in [4.78, 5) is 4.93. The monoisotopic (exact) mass is 193 g/mol. The van der Waals surface area contributed by atoms with Crippen molar-refractivity contribution in [3.8, 4) is 0 Å². The summed E-state index contributed by atoms with van der Waals surface area (Å²) in [5.41, 5.74) is 8.13. The number of rotatable bonds is 3. The molecular weight excluding hydrogens is 182 g/mol. The van der Waals surface area contributed by atoms with Gasteiger partial charge < -0.3 is 4.57 Å². The van der Waals surface area contributed by atoms with Crippen LogP contribution in [0, 0.1) is 0 Å². The zero-order valence-electron chi connectivity index (χ0n) is 7.74. The second-order valence-electron chi connectivity index (χ2n) is 3.17. The molecule has 1 aromatic heterocycles. The van der Waals surface area contributed by atoms with Gasteiger partial charge in [-0.3, -0.25) is 4.90 Å². The Morgan fingerprint density at radius 2 is 2.50 bits per heavy atom. The van der Waals surface area contributed by atoms with E-state index in [1.807, 2.05) is 4.57 Å². The van der Waals surface area contributed by atoms with Crippen molar-refractivity contribution < 1.29 is 0 Å². The molecule has 0 amide bonds. The molecule has 0 saturated carbocycles. The number of hydrogen-bond donors (Lipinski definition) is 0. The van der Waals surface area contributed by atoms with Gasteiger partial charge >= 0.3 is 0 Å². The molecule has 7 nitrogen and oxygen atoms in total. The molecular formula is C7H11N7. The van der Waals surface area contributed by atoms with Crippen LogP contribution in [-0.4, -0.2) is 39.3 Å². The van der Waals surface area contributed by atoms with E-state index >= 15 is 0 Å². The molecule has 2 rings (SSSR count). The Hall–Kier alpha value is -1.59. The predicted octanol–water partition coefficient (Wildman–Crippen LogP) is 0.404. The highest BCUT2D eigenvalue weighted by atomic mass is 15.3. The van der Waals surface area contributed by atoms with E-state index in [-0.39, 0.29) is 0 Å². The highest BCUT2D eigenvalue weighted by molar-refractivity contribution is 4.89. The first-order chi connectivity index (χ1) is 6.90. The van der Waals surface area contributed by atoms with E-state index in [1.54, 1.807) is 6.33 Å². The van der Waals surface area contributed by atoms with Gasteiger partial charge in [0.15, 0.2) is 0 Å². The minimum Gasteiger partial charge on any atom is -0.315 e. The van der Waals surface area contributed by atoms with Gasteiger partial charge in [0, 0.05) is 31.1 Å². The molecule has 1 aliphatic rings. The third-order valence-electron chi connectivity index (χ3n) is 2.30. The molecule has 0 saturated heterocycles. The lowest BCUT2D eigenvalue weighted by molar-refractivity contribution is 0.223. The van der Waals surface area contributed by atoms with Crippen LogP contribution < -0.4 is 0 Å². The molecule has 0 aromatic carbocycles. The Morgan fingerprint density at radius 1 is 1.57 bits per heavy atom. The van der Waals surface area contributed by atoms with Gasteiger partial charge in [-0.05, 0) is 5.53 Å². The van der Waals surface area contributed by atoms with Crippen LogP contribution in [0.25, 0.3) is 10.4 Å². The number of aromatic nitrogens is 3. The van der Waals surface area contributed by atoms with Crippen molar-refractivity contribution in [3.63, 3.8) is 0 Å². The van der Waals surface area contributed by atoms with Crippen molar-refractivity contribution in [3.05, 3.63) is 22.6 Å². The Labute approximate surface area is 81.0 Å². The molecule has 1 aliphatic heterocycles. The Kier molecular flexibility index (Phi) is 2.62. The van der Waals surface area contributed by atoms with Gasteiger partial charge in [-0.15, -0.1) is 10.2 Å². The lowest BCUT2D eigenvalue weighted by Crippen LogP contribution is -2.35. The summed E-state index contributed by atoms with van der Waals surface area (Å²) in [7, 11) is 0. The van der Waals surface area contributed by atoms with Crippen LogP contribution in [0.15, 0.2) is 11.4 Å². The molecule has 0 radical (unpaired) electrons. The first kappa shape index (κ1) is 8.98. The first-order valence-electron chi connectivity index (χ1n) is 4.50. The summed E-state index contributed by atoms with van der Waals surface area (Å²) in [6.45, 7) is 3.98. The predicted molar refractivity (Wildman–Crippen MR) is 49.3 cm³/mol. The molecule has 7 heteroatoms. The quantitative estimate of drug-likeness (QED) is 0.396. The average molecular weight is 193 g/mol. The van der Waals surface area contributed by atoms with Gasteiger partial charge in [-0.1, -0.05) is 5.11 Å². The fourth-order valence-corrected chi connectivity index (χ4v) is 1.54. The van der Waals surface area contributed by atoms with E-state index < -0.39 is 0 Å². The molecule has 0 spiro atoms. The lowest BCUT2D eigenvalue weighted by Gasteiger charge is -2.25. The number of hydrogen-bond acceptors (Lipinski definition) is 4. The van der Waals surface area contributed by atoms with Crippen molar-refractivity contribution in [2.75, 3.05) is 19.6 Å². The maximum Gasteiger partial charge on any atom is 0.147 e. The molecule has 1 aromatic rings. The summed E-state index contributed by atoms with van der Waals surface area (Å²) < 4.78 is 2.05. The second-order valence-corrected chi connectivity index (χ2v) is 3.17. The van der Waals surface area contributed by atoms with Crippen LogP contribution in [0.2, 0.25) is 0 Å². The minimum absolute atomic E-state index is 0.518. The Morgan fingerprint density at radius 3 is 3.36 bits per heavy atom. The normalized spacial score (nSPS) is 16.0. The van der Waals surface area contributed by atoms with E-state index in [4.69, 9.17) is 5.53 Å². The third-order valence-corrected chi connectivity index (χ3v) is 2.30. The van der Waals surface area contributed by atoms with Crippen molar-refractivity contribution in [1.29, 1.82) is 0 Å². The zero-order valence-corrected chi connectivity index (χ0v) is 7.74. The molecule has 0 fully saturated rings. The molecule has 74 valence electrons. The highest BCUT2D eigenvalue weighted by Crippen LogP contribution is 2.07. The number of nitrogens with zero attached hydrogens (tertiary/aromatic N) is 7. The third kappa shape index (κ3) is 1.84. The van der Waals surface area contributed by atoms with E-state index in [0.29, 0.717) is 6.54 Å². The molecule has 0 atom stereocenters. The first-order valence-corrected chi connectivity index (χ1v) is 4.50. The van der Waals surface area contributed by atoms with Gasteiger partial charge in [0.1, 0.15) is 12.2 Å². The van der Waals surface area contributed by atoms with E-state index in [9.17, 15) is 0 Å². The molecule has 2 heterocycles. The SMILES string of the molecule is [N-]=[N+]=NCCN1CCn2cnnc2C1. The van der Waals surface area contributed by atoms with Crippen molar-refractivity contribution >= 4 is 0 Å².